The van der Waals surface area contributed by atoms with Gasteiger partial charge in [0.05, 0.1) is 20.3 Å². The van der Waals surface area contributed by atoms with Gasteiger partial charge in [0.1, 0.15) is 5.82 Å². The van der Waals surface area contributed by atoms with Crippen molar-refractivity contribution in [2.45, 2.75) is 51.2 Å². The minimum Gasteiger partial charge on any atom is -0.493 e. The molecule has 1 aliphatic heterocycles. The van der Waals surface area contributed by atoms with Gasteiger partial charge in [0, 0.05) is 25.0 Å². The third-order valence-corrected chi connectivity index (χ3v) is 6.42. The topological polar surface area (TPSA) is 50.8 Å². The lowest BCUT2D eigenvalue weighted by Gasteiger charge is -2.42. The number of carbonyl (C=O) groups excluding carboxylic acids is 1. The first-order valence-electron chi connectivity index (χ1n) is 11.1. The van der Waals surface area contributed by atoms with E-state index in [0.717, 1.165) is 49.1 Å². The number of carbonyl (C=O) groups is 1. The van der Waals surface area contributed by atoms with Crippen LogP contribution in [-0.4, -0.2) is 37.6 Å². The minimum atomic E-state index is -0.232. The molecule has 2 unspecified atom stereocenters. The first-order valence-corrected chi connectivity index (χ1v) is 11.1. The molecule has 0 aromatic heterocycles. The second-order valence-corrected chi connectivity index (χ2v) is 8.50. The van der Waals surface area contributed by atoms with Crippen LogP contribution in [0.25, 0.3) is 0 Å². The highest BCUT2D eigenvalue weighted by Gasteiger charge is 2.37. The van der Waals surface area contributed by atoms with Crippen LogP contribution in [0.4, 0.5) is 4.39 Å². The fraction of sp³-hybridized carbons (Fsp3) is 0.480. The van der Waals surface area contributed by atoms with E-state index in [4.69, 9.17) is 9.47 Å². The average molecular weight is 427 g/mol. The number of rotatable bonds is 8. The molecule has 0 bridgehead atoms. The Morgan fingerprint density at radius 1 is 1.16 bits per heavy atom. The molecule has 1 aliphatic carbocycles. The Hall–Kier alpha value is -2.60. The first-order chi connectivity index (χ1) is 15.0. The third kappa shape index (κ3) is 4.69. The van der Waals surface area contributed by atoms with E-state index in [0.29, 0.717) is 12.3 Å². The normalized spacial score (nSPS) is 19.4. The molecule has 1 fully saturated rings. The molecular weight excluding hydrogens is 395 g/mol. The third-order valence-electron chi connectivity index (χ3n) is 6.42. The van der Waals surface area contributed by atoms with E-state index in [1.165, 1.54) is 17.7 Å². The van der Waals surface area contributed by atoms with Crippen LogP contribution in [0, 0.1) is 11.7 Å². The monoisotopic (exact) mass is 426 g/mol. The summed E-state index contributed by atoms with van der Waals surface area (Å²) in [6.07, 6.45) is 3.65. The van der Waals surface area contributed by atoms with Gasteiger partial charge in [-0.1, -0.05) is 19.1 Å². The quantitative estimate of drug-likeness (QED) is 0.686. The maximum Gasteiger partial charge on any atom is 0.223 e. The van der Waals surface area contributed by atoms with Gasteiger partial charge in [0.15, 0.2) is 11.5 Å². The summed E-state index contributed by atoms with van der Waals surface area (Å²) in [5, 5.41) is 3.32. The molecule has 6 heteroatoms. The second kappa shape index (κ2) is 9.27. The smallest absolute Gasteiger partial charge is 0.223 e. The number of ether oxygens (including phenoxy) is 2. The lowest BCUT2D eigenvalue weighted by atomic mass is 9.86. The van der Waals surface area contributed by atoms with Crippen molar-refractivity contribution < 1.29 is 18.7 Å². The van der Waals surface area contributed by atoms with E-state index in [-0.39, 0.29) is 29.7 Å². The Morgan fingerprint density at radius 3 is 2.45 bits per heavy atom. The van der Waals surface area contributed by atoms with Crippen LogP contribution in [0.5, 0.6) is 11.5 Å². The molecule has 4 rings (SSSR count). The van der Waals surface area contributed by atoms with Crippen molar-refractivity contribution in [2.24, 2.45) is 5.92 Å². The van der Waals surface area contributed by atoms with Crippen molar-refractivity contribution in [3.63, 3.8) is 0 Å². The zero-order chi connectivity index (χ0) is 22.0. The Bertz CT molecular complexity index is 927. The van der Waals surface area contributed by atoms with E-state index < -0.39 is 0 Å². The number of methoxy groups -OCH3 is 2. The molecule has 166 valence electrons. The van der Waals surface area contributed by atoms with Crippen LogP contribution in [0.3, 0.4) is 0 Å². The van der Waals surface area contributed by atoms with Crippen LogP contribution < -0.4 is 14.8 Å². The Labute approximate surface area is 183 Å². The van der Waals surface area contributed by atoms with E-state index in [1.54, 1.807) is 14.2 Å². The second-order valence-electron chi connectivity index (χ2n) is 8.50. The number of benzene rings is 2. The van der Waals surface area contributed by atoms with Crippen molar-refractivity contribution in [2.75, 3.05) is 20.8 Å². The van der Waals surface area contributed by atoms with Crippen LogP contribution in [0.1, 0.15) is 48.9 Å². The largest absolute Gasteiger partial charge is 0.493 e. The predicted octanol–water partition coefficient (Wildman–Crippen LogP) is 4.25. The molecule has 2 atom stereocenters. The molecule has 0 radical (unpaired) electrons. The predicted molar refractivity (Wildman–Crippen MR) is 118 cm³/mol. The van der Waals surface area contributed by atoms with Gasteiger partial charge < -0.3 is 14.8 Å². The summed E-state index contributed by atoms with van der Waals surface area (Å²) in [6.45, 7) is 3.65. The van der Waals surface area contributed by atoms with Crippen LogP contribution in [0.2, 0.25) is 0 Å². The zero-order valence-corrected chi connectivity index (χ0v) is 18.5. The van der Waals surface area contributed by atoms with Gasteiger partial charge in [0.25, 0.3) is 0 Å². The standard InChI is InChI=1S/C25H31FN2O3/c1-4-21(27-25(29)17-7-8-17)24-20-14-23(31-3)22(30-2)13-18(20)11-12-28(24)15-16-5-9-19(26)10-6-16/h5-6,9-10,13-14,17,21,24H,4,7-8,11-12,15H2,1-3H3,(H,27,29). The molecule has 1 heterocycles. The number of hydrogen-bond acceptors (Lipinski definition) is 4. The average Bonchev–Trinajstić information content (AvgIpc) is 3.63. The van der Waals surface area contributed by atoms with E-state index >= 15 is 0 Å². The number of hydrogen-bond donors (Lipinski definition) is 1. The van der Waals surface area contributed by atoms with Gasteiger partial charge in [-0.05, 0) is 66.6 Å². The summed E-state index contributed by atoms with van der Waals surface area (Å²) in [4.78, 5) is 15.0. The minimum absolute atomic E-state index is 0.00121. The van der Waals surface area contributed by atoms with Crippen molar-refractivity contribution >= 4 is 5.91 Å². The van der Waals surface area contributed by atoms with Crippen LogP contribution in [-0.2, 0) is 17.8 Å². The molecule has 0 saturated heterocycles. The highest BCUT2D eigenvalue weighted by Crippen LogP contribution is 2.41. The molecule has 2 aliphatic rings. The molecule has 31 heavy (non-hydrogen) atoms. The van der Waals surface area contributed by atoms with Crippen molar-refractivity contribution in [1.29, 1.82) is 0 Å². The summed E-state index contributed by atoms with van der Waals surface area (Å²) in [5.41, 5.74) is 3.43. The Morgan fingerprint density at radius 2 is 1.84 bits per heavy atom. The zero-order valence-electron chi connectivity index (χ0n) is 18.5. The highest BCUT2D eigenvalue weighted by molar-refractivity contribution is 5.81. The van der Waals surface area contributed by atoms with Gasteiger partial charge >= 0.3 is 0 Å². The molecular formula is C25H31FN2O3. The van der Waals surface area contributed by atoms with E-state index in [2.05, 4.69) is 29.3 Å². The van der Waals surface area contributed by atoms with Gasteiger partial charge in [-0.3, -0.25) is 9.69 Å². The van der Waals surface area contributed by atoms with Crippen molar-refractivity contribution in [1.82, 2.24) is 10.2 Å². The number of fused-ring (bicyclic) bond motifs is 1. The molecule has 1 saturated carbocycles. The number of nitrogens with zero attached hydrogens (tertiary/aromatic N) is 1. The molecule has 1 N–H and O–H groups in total. The molecule has 2 aromatic carbocycles. The summed E-state index contributed by atoms with van der Waals surface area (Å²) in [7, 11) is 3.29. The summed E-state index contributed by atoms with van der Waals surface area (Å²) in [5.74, 6) is 1.50. The Balaban J connectivity index is 1.70. The van der Waals surface area contributed by atoms with Crippen LogP contribution in [0.15, 0.2) is 36.4 Å². The summed E-state index contributed by atoms with van der Waals surface area (Å²) >= 11 is 0. The maximum absolute atomic E-state index is 13.4. The van der Waals surface area contributed by atoms with E-state index in [1.807, 2.05) is 12.1 Å². The lowest BCUT2D eigenvalue weighted by molar-refractivity contribution is -0.123. The maximum atomic E-state index is 13.4. The van der Waals surface area contributed by atoms with Crippen molar-refractivity contribution in [3.05, 3.63) is 58.9 Å². The SMILES string of the molecule is CCC(NC(=O)C1CC1)C1c2cc(OC)c(OC)cc2CCN1Cc1ccc(F)cc1. The van der Waals surface area contributed by atoms with Gasteiger partial charge in [-0.25, -0.2) is 4.39 Å². The summed E-state index contributed by atoms with van der Waals surface area (Å²) in [6, 6.07) is 10.8. The van der Waals surface area contributed by atoms with Gasteiger partial charge in [0.2, 0.25) is 5.91 Å². The fourth-order valence-electron chi connectivity index (χ4n) is 4.55. The van der Waals surface area contributed by atoms with E-state index in [9.17, 15) is 9.18 Å². The first kappa shape index (κ1) is 21.6. The molecule has 5 nitrogen and oxygen atoms in total. The summed E-state index contributed by atoms with van der Waals surface area (Å²) < 4.78 is 24.5. The number of halogens is 1. The fourth-order valence-corrected chi connectivity index (χ4v) is 4.55. The van der Waals surface area contributed by atoms with Gasteiger partial charge in [-0.2, -0.15) is 0 Å². The highest BCUT2D eigenvalue weighted by atomic mass is 19.1. The molecule has 2 aromatic rings. The Kier molecular flexibility index (Phi) is 6.46. The number of nitrogens with one attached hydrogen (secondary N) is 1. The molecule has 0 spiro atoms. The van der Waals surface area contributed by atoms with Crippen LogP contribution >= 0.6 is 0 Å². The lowest BCUT2D eigenvalue weighted by Crippen LogP contribution is -2.48. The molecule has 1 amide bonds. The number of amides is 1. The van der Waals surface area contributed by atoms with Gasteiger partial charge in [-0.15, -0.1) is 0 Å². The van der Waals surface area contributed by atoms with Crippen molar-refractivity contribution in [3.8, 4) is 11.5 Å².